The van der Waals surface area contributed by atoms with Crippen molar-refractivity contribution in [2.75, 3.05) is 6.54 Å². The second-order valence-electron chi connectivity index (χ2n) is 8.67. The summed E-state index contributed by atoms with van der Waals surface area (Å²) in [7, 11) is -3.74. The Bertz CT molecular complexity index is 1850. The van der Waals surface area contributed by atoms with Crippen LogP contribution < -0.4 is 4.80 Å². The van der Waals surface area contributed by atoms with Gasteiger partial charge in [0.05, 0.1) is 21.7 Å². The lowest BCUT2D eigenvalue weighted by atomic mass is 10.1. The van der Waals surface area contributed by atoms with Crippen molar-refractivity contribution in [1.29, 1.82) is 0 Å². The Balaban J connectivity index is 1.47. The highest BCUT2D eigenvalue weighted by Gasteiger charge is 2.23. The van der Waals surface area contributed by atoms with E-state index in [1.165, 1.54) is 39.9 Å². The van der Waals surface area contributed by atoms with Crippen LogP contribution in [0.1, 0.15) is 22.8 Å². The lowest BCUT2D eigenvalue weighted by Crippen LogP contribution is -2.30. The number of terminal acetylenes is 1. The Kier molecular flexibility index (Phi) is 7.25. The average Bonchev–Trinajstić information content (AvgIpc) is 3.29. The normalized spacial score (nSPS) is 12.3. The molecule has 0 saturated carbocycles. The molecule has 0 N–H and O–H groups in total. The number of hydrogen-bond donors (Lipinski definition) is 0. The smallest absolute Gasteiger partial charge is 0.279 e. The molecule has 5 rings (SSSR count). The molecule has 1 heterocycles. The number of carbonyl (C=O) groups is 1. The van der Waals surface area contributed by atoms with E-state index in [0.717, 1.165) is 26.6 Å². The molecule has 190 valence electrons. The first-order valence-electron chi connectivity index (χ1n) is 12.1. The molecule has 0 spiro atoms. The highest BCUT2D eigenvalue weighted by molar-refractivity contribution is 7.89. The number of amides is 1. The van der Waals surface area contributed by atoms with Gasteiger partial charge in [-0.3, -0.25) is 4.79 Å². The summed E-state index contributed by atoms with van der Waals surface area (Å²) in [6.45, 7) is 2.67. The molecule has 8 heteroatoms. The van der Waals surface area contributed by atoms with Gasteiger partial charge in [-0.15, -0.1) is 6.42 Å². The van der Waals surface area contributed by atoms with Crippen molar-refractivity contribution >= 4 is 48.3 Å². The number of nitrogens with zero attached hydrogens (tertiary/aromatic N) is 3. The third-order valence-electron chi connectivity index (χ3n) is 6.31. The molecule has 0 fully saturated rings. The Hall–Kier alpha value is -4.03. The quantitative estimate of drug-likeness (QED) is 0.259. The molecule has 0 atom stereocenters. The maximum Gasteiger partial charge on any atom is 0.279 e. The van der Waals surface area contributed by atoms with Crippen LogP contribution in [0.25, 0.3) is 21.0 Å². The summed E-state index contributed by atoms with van der Waals surface area (Å²) in [5, 5.41) is 2.16. The summed E-state index contributed by atoms with van der Waals surface area (Å²) in [5.41, 5.74) is 2.11. The number of hydrogen-bond acceptors (Lipinski definition) is 4. The van der Waals surface area contributed by atoms with Crippen molar-refractivity contribution in [3.8, 4) is 12.3 Å². The third kappa shape index (κ3) is 4.92. The first kappa shape index (κ1) is 25.6. The van der Waals surface area contributed by atoms with Crippen molar-refractivity contribution in [1.82, 2.24) is 8.87 Å². The minimum Gasteiger partial charge on any atom is -0.305 e. The zero-order chi connectivity index (χ0) is 26.7. The van der Waals surface area contributed by atoms with Gasteiger partial charge in [-0.2, -0.15) is 9.30 Å². The van der Waals surface area contributed by atoms with Crippen molar-refractivity contribution in [2.24, 2.45) is 4.99 Å². The van der Waals surface area contributed by atoms with E-state index < -0.39 is 15.9 Å². The fraction of sp³-hybridized carbons (Fsp3) is 0.133. The van der Waals surface area contributed by atoms with Crippen LogP contribution in [0.5, 0.6) is 0 Å². The van der Waals surface area contributed by atoms with Crippen LogP contribution in [0.15, 0.2) is 101 Å². The number of carbonyl (C=O) groups excluding carboxylic acids is 1. The van der Waals surface area contributed by atoms with E-state index >= 15 is 0 Å². The molecular weight excluding hydrogens is 514 g/mol. The Morgan fingerprint density at radius 1 is 0.974 bits per heavy atom. The summed E-state index contributed by atoms with van der Waals surface area (Å²) < 4.78 is 30.8. The monoisotopic (exact) mass is 539 g/mol. The molecule has 0 aliphatic rings. The Morgan fingerprint density at radius 2 is 1.68 bits per heavy atom. The zero-order valence-corrected chi connectivity index (χ0v) is 22.4. The van der Waals surface area contributed by atoms with E-state index in [0.29, 0.717) is 16.9 Å². The van der Waals surface area contributed by atoms with Crippen LogP contribution in [0.2, 0.25) is 0 Å². The van der Waals surface area contributed by atoms with Crippen LogP contribution in [-0.2, 0) is 23.1 Å². The molecule has 0 bridgehead atoms. The number of fused-ring (bicyclic) bond motifs is 3. The third-order valence-corrected chi connectivity index (χ3v) is 9.38. The molecular formula is C30H25N3O3S2. The molecule has 0 unspecified atom stereocenters. The van der Waals surface area contributed by atoms with Crippen LogP contribution in [0.4, 0.5) is 0 Å². The number of benzene rings is 4. The standard InChI is InChI=1S/C30H25N3O3S2/c1-3-20-33-27-19-16-23-12-8-9-13-26(23)28(27)37-30(33)31-29(34)24-14-17-25(18-15-24)38(35,36)32(4-2)21-22-10-6-5-7-11-22/h1,5-19H,4,20-21H2,2H3. The molecule has 6 nitrogen and oxygen atoms in total. The molecule has 5 aromatic rings. The Labute approximate surface area is 225 Å². The predicted molar refractivity (Wildman–Crippen MR) is 152 cm³/mol. The predicted octanol–water partition coefficient (Wildman–Crippen LogP) is 5.44. The van der Waals surface area contributed by atoms with Gasteiger partial charge < -0.3 is 4.57 Å². The molecule has 0 radical (unpaired) electrons. The number of aromatic nitrogens is 1. The molecule has 0 aliphatic heterocycles. The summed E-state index contributed by atoms with van der Waals surface area (Å²) in [4.78, 5) is 18.1. The topological polar surface area (TPSA) is 71.7 Å². The molecule has 1 amide bonds. The molecule has 0 saturated heterocycles. The summed E-state index contributed by atoms with van der Waals surface area (Å²) in [5.74, 6) is 2.18. The molecule has 4 aromatic carbocycles. The minimum absolute atomic E-state index is 0.127. The summed E-state index contributed by atoms with van der Waals surface area (Å²) >= 11 is 1.41. The second kappa shape index (κ2) is 10.8. The van der Waals surface area contributed by atoms with E-state index in [4.69, 9.17) is 6.42 Å². The van der Waals surface area contributed by atoms with E-state index in [1.807, 2.05) is 71.3 Å². The van der Waals surface area contributed by atoms with Gasteiger partial charge in [0.2, 0.25) is 10.0 Å². The van der Waals surface area contributed by atoms with Crippen molar-refractivity contribution in [3.63, 3.8) is 0 Å². The van der Waals surface area contributed by atoms with Crippen LogP contribution in [-0.4, -0.2) is 29.7 Å². The van der Waals surface area contributed by atoms with Crippen LogP contribution in [0.3, 0.4) is 0 Å². The summed E-state index contributed by atoms with van der Waals surface area (Å²) in [6, 6.07) is 27.4. The SMILES string of the molecule is C#CCn1c(=NC(=O)c2ccc(S(=O)(=O)N(CC)Cc3ccccc3)cc2)sc2c3ccccc3ccc21. The zero-order valence-electron chi connectivity index (χ0n) is 20.7. The van der Waals surface area contributed by atoms with Crippen LogP contribution in [0, 0.1) is 12.3 Å². The van der Waals surface area contributed by atoms with Crippen LogP contribution >= 0.6 is 11.3 Å². The second-order valence-corrected chi connectivity index (χ2v) is 11.6. The first-order chi connectivity index (χ1) is 18.4. The maximum absolute atomic E-state index is 13.3. The average molecular weight is 540 g/mol. The number of sulfonamides is 1. The maximum atomic E-state index is 13.3. The number of thiazole rings is 1. The van der Waals surface area contributed by atoms with Gasteiger partial charge in [0, 0.05) is 24.0 Å². The highest BCUT2D eigenvalue weighted by Crippen LogP contribution is 2.27. The largest absolute Gasteiger partial charge is 0.305 e. The molecule has 0 aliphatic carbocycles. The van der Waals surface area contributed by atoms with E-state index in [-0.39, 0.29) is 18.0 Å². The molecule has 38 heavy (non-hydrogen) atoms. The lowest BCUT2D eigenvalue weighted by molar-refractivity contribution is 0.0998. The Morgan fingerprint density at radius 3 is 2.39 bits per heavy atom. The molecule has 1 aromatic heterocycles. The first-order valence-corrected chi connectivity index (χ1v) is 14.4. The van der Waals surface area contributed by atoms with Gasteiger partial charge in [0.15, 0.2) is 4.80 Å². The minimum atomic E-state index is -3.74. The lowest BCUT2D eigenvalue weighted by Gasteiger charge is -2.20. The van der Waals surface area contributed by atoms with Gasteiger partial charge in [0.1, 0.15) is 0 Å². The van der Waals surface area contributed by atoms with E-state index in [2.05, 4.69) is 10.9 Å². The summed E-state index contributed by atoms with van der Waals surface area (Å²) in [6.07, 6.45) is 5.62. The van der Waals surface area contributed by atoms with Gasteiger partial charge in [0.25, 0.3) is 5.91 Å². The van der Waals surface area contributed by atoms with Crippen molar-refractivity contribution in [2.45, 2.75) is 24.9 Å². The van der Waals surface area contributed by atoms with E-state index in [1.54, 1.807) is 6.92 Å². The van der Waals surface area contributed by atoms with Crippen molar-refractivity contribution < 1.29 is 13.2 Å². The van der Waals surface area contributed by atoms with Gasteiger partial charge in [-0.1, -0.05) is 84.8 Å². The van der Waals surface area contributed by atoms with Gasteiger partial charge in [-0.05, 0) is 41.3 Å². The highest BCUT2D eigenvalue weighted by atomic mass is 32.2. The fourth-order valence-corrected chi connectivity index (χ4v) is 6.95. The van der Waals surface area contributed by atoms with Gasteiger partial charge in [-0.25, -0.2) is 8.42 Å². The van der Waals surface area contributed by atoms with E-state index in [9.17, 15) is 13.2 Å². The van der Waals surface area contributed by atoms with Crippen molar-refractivity contribution in [3.05, 3.63) is 107 Å². The fourth-order valence-electron chi connectivity index (χ4n) is 4.35. The van der Waals surface area contributed by atoms with Gasteiger partial charge >= 0.3 is 0 Å². The number of rotatable bonds is 7.